The second-order valence-corrected chi connectivity index (χ2v) is 6.92. The maximum absolute atomic E-state index is 14.1. The lowest BCUT2D eigenvalue weighted by molar-refractivity contribution is 0.614. The first kappa shape index (κ1) is 15.0. The molecule has 3 aromatic rings. The van der Waals surface area contributed by atoms with E-state index in [9.17, 15) is 4.39 Å². The van der Waals surface area contributed by atoms with Crippen LogP contribution in [0.2, 0.25) is 5.02 Å². The van der Waals surface area contributed by atoms with Crippen molar-refractivity contribution in [2.75, 3.05) is 0 Å². The van der Waals surface area contributed by atoms with Crippen LogP contribution in [0.5, 0.6) is 0 Å². The van der Waals surface area contributed by atoms with Crippen molar-refractivity contribution >= 4 is 54.2 Å². The van der Waals surface area contributed by atoms with E-state index < -0.39 is 0 Å². The summed E-state index contributed by atoms with van der Waals surface area (Å²) in [6, 6.07) is 16.8. The van der Waals surface area contributed by atoms with Crippen LogP contribution in [-0.4, -0.2) is 0 Å². The molecule has 3 aromatic carbocycles. The fourth-order valence-electron chi connectivity index (χ4n) is 2.38. The molecule has 21 heavy (non-hydrogen) atoms. The fraction of sp³-hybridized carbons (Fsp3) is 0.0588. The van der Waals surface area contributed by atoms with Crippen molar-refractivity contribution in [3.05, 3.63) is 81.0 Å². The Bertz CT molecular complexity index is 817. The van der Waals surface area contributed by atoms with Crippen molar-refractivity contribution in [2.45, 2.75) is 4.83 Å². The van der Waals surface area contributed by atoms with Crippen molar-refractivity contribution in [3.8, 4) is 0 Å². The Hall–Kier alpha value is -0.900. The average Bonchev–Trinajstić information content (AvgIpc) is 2.47. The molecule has 0 heterocycles. The summed E-state index contributed by atoms with van der Waals surface area (Å²) in [5.74, 6) is -0.309. The number of hydrogen-bond acceptors (Lipinski definition) is 0. The first-order valence-electron chi connectivity index (χ1n) is 6.34. The standard InChI is InChI=1S/C17H10Br2ClF/c18-15-8-7-13(11-3-1-2-4-12(11)15)17(19)14-6-5-10(20)9-16(14)21/h1-9,17H. The van der Waals surface area contributed by atoms with Gasteiger partial charge >= 0.3 is 0 Å². The highest BCUT2D eigenvalue weighted by Crippen LogP contribution is 2.38. The Labute approximate surface area is 144 Å². The predicted molar refractivity (Wildman–Crippen MR) is 93.8 cm³/mol. The van der Waals surface area contributed by atoms with Gasteiger partial charge in [0.05, 0.1) is 4.83 Å². The van der Waals surface area contributed by atoms with E-state index in [1.165, 1.54) is 6.07 Å². The normalized spacial score (nSPS) is 12.6. The summed E-state index contributed by atoms with van der Waals surface area (Å²) in [4.78, 5) is -0.229. The van der Waals surface area contributed by atoms with Crippen LogP contribution in [0.3, 0.4) is 0 Å². The third kappa shape index (κ3) is 2.87. The minimum absolute atomic E-state index is 0.229. The Balaban J connectivity index is 2.18. The van der Waals surface area contributed by atoms with Crippen LogP contribution in [-0.2, 0) is 0 Å². The molecule has 0 aliphatic heterocycles. The van der Waals surface area contributed by atoms with Gasteiger partial charge in [0.1, 0.15) is 5.82 Å². The highest BCUT2D eigenvalue weighted by molar-refractivity contribution is 9.10. The predicted octanol–water partition coefficient (Wildman–Crippen LogP) is 6.88. The number of fused-ring (bicyclic) bond motifs is 1. The highest BCUT2D eigenvalue weighted by atomic mass is 79.9. The summed E-state index contributed by atoms with van der Waals surface area (Å²) in [6.45, 7) is 0. The van der Waals surface area contributed by atoms with Crippen molar-refractivity contribution in [3.63, 3.8) is 0 Å². The molecule has 1 unspecified atom stereocenters. The van der Waals surface area contributed by atoms with Crippen molar-refractivity contribution in [2.24, 2.45) is 0 Å². The van der Waals surface area contributed by atoms with Crippen molar-refractivity contribution < 1.29 is 4.39 Å². The Kier molecular flexibility index (Phi) is 4.34. The molecule has 1 atom stereocenters. The molecule has 4 heteroatoms. The molecule has 0 aromatic heterocycles. The molecule has 3 rings (SSSR count). The van der Waals surface area contributed by atoms with Crippen molar-refractivity contribution in [1.29, 1.82) is 0 Å². The summed E-state index contributed by atoms with van der Waals surface area (Å²) in [5, 5.41) is 2.59. The molecule has 0 amide bonds. The zero-order valence-electron chi connectivity index (χ0n) is 10.8. The summed E-state index contributed by atoms with van der Waals surface area (Å²) >= 11 is 13.0. The van der Waals surface area contributed by atoms with Gasteiger partial charge in [0.2, 0.25) is 0 Å². The minimum Gasteiger partial charge on any atom is -0.207 e. The number of benzene rings is 3. The van der Waals surface area contributed by atoms with Crippen LogP contribution in [0.1, 0.15) is 16.0 Å². The van der Waals surface area contributed by atoms with Gasteiger partial charge < -0.3 is 0 Å². The van der Waals surface area contributed by atoms with Gasteiger partial charge in [0.25, 0.3) is 0 Å². The largest absolute Gasteiger partial charge is 0.207 e. The van der Waals surface area contributed by atoms with Crippen LogP contribution in [0.15, 0.2) is 59.1 Å². The minimum atomic E-state index is -0.309. The second-order valence-electron chi connectivity index (χ2n) is 4.71. The van der Waals surface area contributed by atoms with E-state index in [-0.39, 0.29) is 10.6 Å². The number of hydrogen-bond donors (Lipinski definition) is 0. The summed E-state index contributed by atoms with van der Waals surface area (Å²) in [6.07, 6.45) is 0. The molecule has 0 bridgehead atoms. The number of rotatable bonds is 2. The van der Waals surface area contributed by atoms with E-state index in [1.807, 2.05) is 36.4 Å². The third-order valence-electron chi connectivity index (χ3n) is 3.41. The molecular weight excluding hydrogens is 418 g/mol. The van der Waals surface area contributed by atoms with E-state index >= 15 is 0 Å². The number of alkyl halides is 1. The van der Waals surface area contributed by atoms with E-state index in [4.69, 9.17) is 11.6 Å². The van der Waals surface area contributed by atoms with Crippen LogP contribution < -0.4 is 0 Å². The Morgan fingerprint density at radius 3 is 2.29 bits per heavy atom. The summed E-state index contributed by atoms with van der Waals surface area (Å²) < 4.78 is 15.2. The maximum atomic E-state index is 14.1. The third-order valence-corrected chi connectivity index (χ3v) is 5.33. The zero-order chi connectivity index (χ0) is 15.0. The van der Waals surface area contributed by atoms with Gasteiger partial charge in [-0.05, 0) is 34.5 Å². The van der Waals surface area contributed by atoms with Crippen LogP contribution in [0.25, 0.3) is 10.8 Å². The first-order valence-corrected chi connectivity index (χ1v) is 8.43. The molecule has 0 aliphatic carbocycles. The smallest absolute Gasteiger partial charge is 0.129 e. The lowest BCUT2D eigenvalue weighted by atomic mass is 9.98. The maximum Gasteiger partial charge on any atom is 0.129 e. The SMILES string of the molecule is Fc1cc(Cl)ccc1C(Br)c1ccc(Br)c2ccccc12. The molecule has 0 spiro atoms. The van der Waals surface area contributed by atoms with Gasteiger partial charge in [-0.15, -0.1) is 0 Å². The topological polar surface area (TPSA) is 0 Å². The fourth-order valence-corrected chi connectivity index (χ4v) is 3.79. The van der Waals surface area contributed by atoms with Gasteiger partial charge in [0.15, 0.2) is 0 Å². The second kappa shape index (κ2) is 6.07. The molecule has 0 fully saturated rings. The molecule has 0 radical (unpaired) electrons. The molecule has 0 nitrogen and oxygen atoms in total. The first-order chi connectivity index (χ1) is 10.1. The zero-order valence-corrected chi connectivity index (χ0v) is 14.7. The van der Waals surface area contributed by atoms with E-state index in [0.29, 0.717) is 10.6 Å². The Morgan fingerprint density at radius 2 is 1.57 bits per heavy atom. The van der Waals surface area contributed by atoms with Gasteiger partial charge in [-0.3, -0.25) is 0 Å². The van der Waals surface area contributed by atoms with Gasteiger partial charge in [-0.1, -0.05) is 79.9 Å². The quantitative estimate of drug-likeness (QED) is 0.390. The van der Waals surface area contributed by atoms with Crippen LogP contribution >= 0.6 is 43.5 Å². The highest BCUT2D eigenvalue weighted by Gasteiger charge is 2.18. The molecule has 0 N–H and O–H groups in total. The lowest BCUT2D eigenvalue weighted by Crippen LogP contribution is -1.98. The molecule has 0 saturated heterocycles. The van der Waals surface area contributed by atoms with E-state index in [2.05, 4.69) is 31.9 Å². The van der Waals surface area contributed by atoms with E-state index in [0.717, 1.165) is 20.8 Å². The summed E-state index contributed by atoms with van der Waals surface area (Å²) in [5.41, 5.74) is 1.60. The molecular formula is C17H10Br2ClF. The molecule has 0 saturated carbocycles. The van der Waals surface area contributed by atoms with Gasteiger partial charge in [-0.2, -0.15) is 0 Å². The monoisotopic (exact) mass is 426 g/mol. The Morgan fingerprint density at radius 1 is 0.905 bits per heavy atom. The van der Waals surface area contributed by atoms with Crippen molar-refractivity contribution in [1.82, 2.24) is 0 Å². The van der Waals surface area contributed by atoms with Crippen LogP contribution in [0.4, 0.5) is 4.39 Å². The van der Waals surface area contributed by atoms with Gasteiger partial charge in [0, 0.05) is 15.1 Å². The van der Waals surface area contributed by atoms with E-state index in [1.54, 1.807) is 12.1 Å². The lowest BCUT2D eigenvalue weighted by Gasteiger charge is -2.15. The molecule has 106 valence electrons. The molecule has 0 aliphatic rings. The number of halogens is 4. The van der Waals surface area contributed by atoms with Crippen LogP contribution in [0, 0.1) is 5.82 Å². The van der Waals surface area contributed by atoms with Gasteiger partial charge in [-0.25, -0.2) is 4.39 Å². The average molecular weight is 429 g/mol. The summed E-state index contributed by atoms with van der Waals surface area (Å²) in [7, 11) is 0.